The van der Waals surface area contributed by atoms with E-state index < -0.39 is 5.97 Å². The highest BCUT2D eigenvalue weighted by Crippen LogP contribution is 2.32. The van der Waals surface area contributed by atoms with Crippen LogP contribution in [-0.4, -0.2) is 24.9 Å². The molecule has 0 saturated heterocycles. The number of rotatable bonds is 6. The van der Waals surface area contributed by atoms with E-state index >= 15 is 0 Å². The molecule has 1 aromatic heterocycles. The smallest absolute Gasteiger partial charge is 0.336 e. The minimum Gasteiger partial charge on any atom is -0.465 e. The highest BCUT2D eigenvalue weighted by molar-refractivity contribution is 5.95. The Balaban J connectivity index is 1.29. The van der Waals surface area contributed by atoms with Crippen LogP contribution >= 0.6 is 0 Å². The number of fused-ring (bicyclic) bond motifs is 1. The number of amides is 1. The fourth-order valence-electron chi connectivity index (χ4n) is 2.58. The van der Waals surface area contributed by atoms with Crippen LogP contribution in [0.5, 0.6) is 17.2 Å². The van der Waals surface area contributed by atoms with Crippen LogP contribution < -0.4 is 19.6 Å². The van der Waals surface area contributed by atoms with Gasteiger partial charge in [0.2, 0.25) is 6.79 Å². The number of nitrogens with zero attached hydrogens (tertiary/aromatic N) is 1. The molecule has 4 rings (SSSR count). The fraction of sp³-hybridized carbons (Fsp3) is 0.0455. The lowest BCUT2D eigenvalue weighted by Crippen LogP contribution is -2.17. The molecule has 0 spiro atoms. The number of carbonyl (C=O) groups is 2. The van der Waals surface area contributed by atoms with E-state index in [0.717, 1.165) is 0 Å². The van der Waals surface area contributed by atoms with E-state index in [1.165, 1.54) is 24.6 Å². The molecule has 1 amide bonds. The molecule has 30 heavy (non-hydrogen) atoms. The third-order valence-corrected chi connectivity index (χ3v) is 4.04. The van der Waals surface area contributed by atoms with Crippen LogP contribution in [0.4, 0.5) is 0 Å². The van der Waals surface area contributed by atoms with Gasteiger partial charge in [-0.25, -0.2) is 10.2 Å². The number of benzene rings is 2. The molecular formula is C22H16N2O6. The predicted molar refractivity (Wildman–Crippen MR) is 107 cm³/mol. The van der Waals surface area contributed by atoms with Gasteiger partial charge in [-0.15, -0.1) is 0 Å². The van der Waals surface area contributed by atoms with Crippen LogP contribution in [-0.2, 0) is 4.79 Å². The highest BCUT2D eigenvalue weighted by Gasteiger charge is 2.15. The third-order valence-electron chi connectivity index (χ3n) is 4.04. The molecule has 1 N–H and O–H groups in total. The Morgan fingerprint density at radius 1 is 1.03 bits per heavy atom. The zero-order valence-corrected chi connectivity index (χ0v) is 15.6. The van der Waals surface area contributed by atoms with Crippen molar-refractivity contribution in [1.29, 1.82) is 0 Å². The van der Waals surface area contributed by atoms with Crippen molar-refractivity contribution in [3.63, 3.8) is 0 Å². The molecule has 8 nitrogen and oxygen atoms in total. The van der Waals surface area contributed by atoms with E-state index in [0.29, 0.717) is 34.1 Å². The number of hydrazone groups is 1. The van der Waals surface area contributed by atoms with Crippen LogP contribution in [0.25, 0.3) is 6.08 Å². The summed E-state index contributed by atoms with van der Waals surface area (Å²) >= 11 is 0. The minimum absolute atomic E-state index is 0.143. The second-order valence-corrected chi connectivity index (χ2v) is 6.11. The third kappa shape index (κ3) is 4.74. The van der Waals surface area contributed by atoms with Gasteiger partial charge in [0.05, 0.1) is 12.5 Å². The standard InChI is InChI=1S/C22H16N2O6/c25-21(10-8-17-2-1-11-27-17)30-18-6-3-15(4-7-18)13-23-24-22(26)16-5-9-19-20(12-16)29-14-28-19/h1-13H,14H2,(H,24,26)/b10-8+,23-13?. The van der Waals surface area contributed by atoms with E-state index in [1.54, 1.807) is 54.6 Å². The molecular weight excluding hydrogens is 388 g/mol. The van der Waals surface area contributed by atoms with Gasteiger partial charge in [0.1, 0.15) is 11.5 Å². The summed E-state index contributed by atoms with van der Waals surface area (Å²) in [4.78, 5) is 24.0. The molecule has 1 aliphatic heterocycles. The average Bonchev–Trinajstić information content (AvgIpc) is 3.44. The average molecular weight is 404 g/mol. The van der Waals surface area contributed by atoms with Gasteiger partial charge in [-0.3, -0.25) is 4.79 Å². The number of esters is 1. The summed E-state index contributed by atoms with van der Waals surface area (Å²) in [6, 6.07) is 15.0. The molecule has 8 heteroatoms. The van der Waals surface area contributed by atoms with Crippen molar-refractivity contribution in [3.05, 3.63) is 83.8 Å². The van der Waals surface area contributed by atoms with Crippen molar-refractivity contribution in [3.8, 4) is 17.2 Å². The molecule has 0 bridgehead atoms. The van der Waals surface area contributed by atoms with Crippen LogP contribution in [0, 0.1) is 0 Å². The first-order valence-electron chi connectivity index (χ1n) is 8.94. The predicted octanol–water partition coefficient (Wildman–Crippen LogP) is 3.39. The Kier molecular flexibility index (Phi) is 5.56. The van der Waals surface area contributed by atoms with Crippen LogP contribution in [0.3, 0.4) is 0 Å². The minimum atomic E-state index is -0.524. The van der Waals surface area contributed by atoms with Crippen LogP contribution in [0.15, 0.2) is 76.5 Å². The molecule has 2 heterocycles. The molecule has 0 unspecified atom stereocenters. The van der Waals surface area contributed by atoms with Crippen molar-refractivity contribution in [2.24, 2.45) is 5.10 Å². The van der Waals surface area contributed by atoms with E-state index in [4.69, 9.17) is 18.6 Å². The summed E-state index contributed by atoms with van der Waals surface area (Å²) in [5.74, 6) is 1.16. The molecule has 0 aliphatic carbocycles. The lowest BCUT2D eigenvalue weighted by molar-refractivity contribution is -0.128. The summed E-state index contributed by atoms with van der Waals surface area (Å²) in [6.45, 7) is 0.143. The summed E-state index contributed by atoms with van der Waals surface area (Å²) in [7, 11) is 0. The SMILES string of the molecule is O=C(/C=C/c1ccco1)Oc1ccc(C=NNC(=O)c2ccc3c(c2)OCO3)cc1. The van der Waals surface area contributed by atoms with E-state index in [1.807, 2.05) is 0 Å². The zero-order chi connectivity index (χ0) is 20.8. The highest BCUT2D eigenvalue weighted by atomic mass is 16.7. The molecule has 2 aromatic carbocycles. The lowest BCUT2D eigenvalue weighted by atomic mass is 10.2. The van der Waals surface area contributed by atoms with Crippen LogP contribution in [0.2, 0.25) is 0 Å². The van der Waals surface area contributed by atoms with E-state index in [2.05, 4.69) is 10.5 Å². The Hall–Kier alpha value is -4.33. The molecule has 0 atom stereocenters. The topological polar surface area (TPSA) is 99.4 Å². The maximum absolute atomic E-state index is 12.2. The summed E-state index contributed by atoms with van der Waals surface area (Å²) < 4.78 is 20.8. The Labute approximate surface area is 171 Å². The molecule has 0 saturated carbocycles. The zero-order valence-electron chi connectivity index (χ0n) is 15.6. The monoisotopic (exact) mass is 404 g/mol. The number of ether oxygens (including phenoxy) is 3. The van der Waals surface area contributed by atoms with Crippen molar-refractivity contribution < 1.29 is 28.2 Å². The molecule has 1 aliphatic rings. The van der Waals surface area contributed by atoms with Gasteiger partial charge in [0.25, 0.3) is 5.91 Å². The number of hydrogen-bond donors (Lipinski definition) is 1. The number of nitrogens with one attached hydrogen (secondary N) is 1. The summed E-state index contributed by atoms with van der Waals surface area (Å²) in [6.07, 6.45) is 5.79. The van der Waals surface area contributed by atoms with Gasteiger partial charge in [-0.05, 0) is 66.2 Å². The van der Waals surface area contributed by atoms with Crippen molar-refractivity contribution >= 4 is 24.2 Å². The van der Waals surface area contributed by atoms with Gasteiger partial charge < -0.3 is 18.6 Å². The summed E-state index contributed by atoms with van der Waals surface area (Å²) in [5, 5.41) is 3.93. The Morgan fingerprint density at radius 3 is 2.67 bits per heavy atom. The molecule has 150 valence electrons. The number of carbonyl (C=O) groups excluding carboxylic acids is 2. The maximum Gasteiger partial charge on any atom is 0.336 e. The second kappa shape index (κ2) is 8.78. The first-order valence-corrected chi connectivity index (χ1v) is 8.94. The van der Waals surface area contributed by atoms with Gasteiger partial charge in [0, 0.05) is 11.6 Å². The number of furan rings is 1. The van der Waals surface area contributed by atoms with Gasteiger partial charge in [-0.2, -0.15) is 5.10 Å². The summed E-state index contributed by atoms with van der Waals surface area (Å²) in [5.41, 5.74) is 3.56. The molecule has 3 aromatic rings. The van der Waals surface area contributed by atoms with E-state index in [-0.39, 0.29) is 12.7 Å². The fourth-order valence-corrected chi connectivity index (χ4v) is 2.58. The first-order chi connectivity index (χ1) is 14.7. The van der Waals surface area contributed by atoms with Gasteiger partial charge in [-0.1, -0.05) is 0 Å². The number of hydrogen-bond acceptors (Lipinski definition) is 7. The van der Waals surface area contributed by atoms with Crippen molar-refractivity contribution in [1.82, 2.24) is 5.43 Å². The second-order valence-electron chi connectivity index (χ2n) is 6.11. The van der Waals surface area contributed by atoms with Crippen LogP contribution in [0.1, 0.15) is 21.7 Å². The normalized spacial score (nSPS) is 12.4. The van der Waals surface area contributed by atoms with Crippen molar-refractivity contribution in [2.75, 3.05) is 6.79 Å². The largest absolute Gasteiger partial charge is 0.465 e. The van der Waals surface area contributed by atoms with E-state index in [9.17, 15) is 9.59 Å². The Morgan fingerprint density at radius 2 is 1.87 bits per heavy atom. The Bertz CT molecular complexity index is 1100. The van der Waals surface area contributed by atoms with Crippen molar-refractivity contribution in [2.45, 2.75) is 0 Å². The molecule has 0 fully saturated rings. The van der Waals surface area contributed by atoms with Gasteiger partial charge >= 0.3 is 5.97 Å². The lowest BCUT2D eigenvalue weighted by Gasteiger charge is -2.02. The van der Waals surface area contributed by atoms with Gasteiger partial charge in [0.15, 0.2) is 11.5 Å². The quantitative estimate of drug-likeness (QED) is 0.222. The first kappa shape index (κ1) is 19.0. The molecule has 0 radical (unpaired) electrons. The maximum atomic E-state index is 12.2.